The zero-order chi connectivity index (χ0) is 23.4. The van der Waals surface area contributed by atoms with Gasteiger partial charge in [-0.05, 0) is 93.3 Å². The standard InChI is InChI=1S/C27H44N2O4.ClH/c1-25-13-5-4-7-18(25)9-10-20-21(25)11-14-26(2)22(20)12-15-27(26,23(31)28-3)33-24(32)29-16-6-8-19(30)17-29;/h18-22,30H,4-17H2,1-3H3,(H,28,31);1H/t18?,19?,20-,21-,22+,25+,26+,27?;/m1./s1. The van der Waals surface area contributed by atoms with Gasteiger partial charge in [0.2, 0.25) is 0 Å². The zero-order valence-corrected chi connectivity index (χ0v) is 22.1. The molecule has 0 aromatic heterocycles. The van der Waals surface area contributed by atoms with Gasteiger partial charge in [-0.25, -0.2) is 4.79 Å². The van der Waals surface area contributed by atoms with Crippen molar-refractivity contribution in [3.8, 4) is 0 Å². The molecule has 1 heterocycles. The van der Waals surface area contributed by atoms with E-state index in [4.69, 9.17) is 4.74 Å². The van der Waals surface area contributed by atoms with E-state index in [1.807, 2.05) is 0 Å². The fourth-order valence-electron chi connectivity index (χ4n) is 9.42. The molecule has 1 saturated heterocycles. The second kappa shape index (κ2) is 9.46. The van der Waals surface area contributed by atoms with Gasteiger partial charge in [0.15, 0.2) is 5.60 Å². The number of nitrogens with one attached hydrogen (secondary N) is 1. The van der Waals surface area contributed by atoms with Gasteiger partial charge in [-0.1, -0.05) is 26.7 Å². The van der Waals surface area contributed by atoms with Crippen molar-refractivity contribution in [2.75, 3.05) is 20.1 Å². The molecule has 2 N–H and O–H groups in total. The van der Waals surface area contributed by atoms with E-state index in [-0.39, 0.29) is 23.7 Å². The van der Waals surface area contributed by atoms with E-state index in [1.165, 1.54) is 38.5 Å². The number of ether oxygens (including phenoxy) is 1. The molecular weight excluding hydrogens is 452 g/mol. The molecule has 34 heavy (non-hydrogen) atoms. The molecule has 194 valence electrons. The summed E-state index contributed by atoms with van der Waals surface area (Å²) in [6.45, 7) is 5.69. The van der Waals surface area contributed by atoms with Crippen molar-refractivity contribution in [3.05, 3.63) is 0 Å². The topological polar surface area (TPSA) is 78.9 Å². The number of likely N-dealkylation sites (tertiary alicyclic amines) is 1. The predicted molar refractivity (Wildman–Crippen MR) is 134 cm³/mol. The molecule has 6 nitrogen and oxygen atoms in total. The summed E-state index contributed by atoms with van der Waals surface area (Å²) in [4.78, 5) is 28.4. The number of hydrogen-bond donors (Lipinski definition) is 2. The van der Waals surface area contributed by atoms with Crippen molar-refractivity contribution >= 4 is 24.4 Å². The summed E-state index contributed by atoms with van der Waals surface area (Å²) < 4.78 is 6.29. The maximum atomic E-state index is 13.5. The van der Waals surface area contributed by atoms with Crippen molar-refractivity contribution in [2.45, 2.75) is 103 Å². The van der Waals surface area contributed by atoms with Crippen molar-refractivity contribution < 1.29 is 19.4 Å². The predicted octanol–water partition coefficient (Wildman–Crippen LogP) is 4.92. The number of aliphatic hydroxyl groups excluding tert-OH is 1. The monoisotopic (exact) mass is 496 g/mol. The zero-order valence-electron chi connectivity index (χ0n) is 21.3. The summed E-state index contributed by atoms with van der Waals surface area (Å²) in [5.74, 6) is 2.51. The molecule has 0 aromatic carbocycles. The largest absolute Gasteiger partial charge is 0.432 e. The molecule has 1 aliphatic heterocycles. The Balaban J connectivity index is 0.00000274. The van der Waals surface area contributed by atoms with Crippen molar-refractivity contribution in [1.82, 2.24) is 10.2 Å². The second-order valence-electron chi connectivity index (χ2n) is 12.4. The number of hydrogen-bond acceptors (Lipinski definition) is 4. The Kier molecular flexibility index (Phi) is 7.25. The highest BCUT2D eigenvalue weighted by Crippen LogP contribution is 2.69. The highest BCUT2D eigenvalue weighted by molar-refractivity contribution is 5.89. The van der Waals surface area contributed by atoms with E-state index in [0.717, 1.165) is 37.5 Å². The lowest BCUT2D eigenvalue weighted by atomic mass is 9.44. The maximum absolute atomic E-state index is 13.5. The number of piperidine rings is 1. The molecule has 5 fully saturated rings. The number of carbonyl (C=O) groups is 2. The van der Waals surface area contributed by atoms with Crippen LogP contribution in [-0.2, 0) is 9.53 Å². The minimum absolute atomic E-state index is 0. The Bertz CT molecular complexity index is 795. The average Bonchev–Trinajstić information content (AvgIpc) is 3.11. The van der Waals surface area contributed by atoms with Gasteiger partial charge in [-0.15, -0.1) is 12.4 Å². The Morgan fingerprint density at radius 2 is 1.71 bits per heavy atom. The van der Waals surface area contributed by atoms with E-state index in [1.54, 1.807) is 11.9 Å². The number of β-amino-alcohol motifs (C(OH)–C–C–N with tert-alkyl or cyclic N) is 1. The van der Waals surface area contributed by atoms with Crippen LogP contribution in [0, 0.1) is 34.5 Å². The molecule has 0 spiro atoms. The Hall–Kier alpha value is -1.01. The number of amides is 2. The lowest BCUT2D eigenvalue weighted by Crippen LogP contribution is -2.62. The van der Waals surface area contributed by atoms with Gasteiger partial charge in [-0.2, -0.15) is 0 Å². The fraction of sp³-hybridized carbons (Fsp3) is 0.926. The van der Waals surface area contributed by atoms with E-state index >= 15 is 0 Å². The number of halogens is 1. The Morgan fingerprint density at radius 1 is 0.941 bits per heavy atom. The molecule has 8 atom stereocenters. The van der Waals surface area contributed by atoms with Crippen molar-refractivity contribution in [3.63, 3.8) is 0 Å². The molecule has 4 aliphatic carbocycles. The third-order valence-corrected chi connectivity index (χ3v) is 11.2. The highest BCUT2D eigenvalue weighted by Gasteiger charge is 2.69. The van der Waals surface area contributed by atoms with Gasteiger partial charge >= 0.3 is 6.09 Å². The van der Waals surface area contributed by atoms with Gasteiger partial charge in [0.1, 0.15) is 0 Å². The summed E-state index contributed by atoms with van der Waals surface area (Å²) in [6, 6.07) is 0. The molecule has 5 aliphatic rings. The normalized spacial score (nSPS) is 45.8. The molecule has 5 rings (SSSR count). The SMILES string of the molecule is CNC(=O)C1(OC(=O)N2CCCC(O)C2)CC[C@H]2[C@@H]3CCC4CCCC[C@]4(C)[C@@H]3CC[C@@]21C.Cl. The first kappa shape index (κ1) is 26.1. The first-order chi connectivity index (χ1) is 15.7. The third-order valence-electron chi connectivity index (χ3n) is 11.2. The number of carbonyl (C=O) groups excluding carboxylic acids is 2. The van der Waals surface area contributed by atoms with Gasteiger partial charge in [0.25, 0.3) is 5.91 Å². The second-order valence-corrected chi connectivity index (χ2v) is 12.4. The van der Waals surface area contributed by atoms with Gasteiger partial charge in [0.05, 0.1) is 6.10 Å². The average molecular weight is 497 g/mol. The number of nitrogens with zero attached hydrogens (tertiary/aromatic N) is 1. The minimum Gasteiger partial charge on any atom is -0.432 e. The van der Waals surface area contributed by atoms with Crippen LogP contribution < -0.4 is 5.32 Å². The van der Waals surface area contributed by atoms with Crippen LogP contribution >= 0.6 is 12.4 Å². The van der Waals surface area contributed by atoms with E-state index in [9.17, 15) is 14.7 Å². The molecule has 7 heteroatoms. The summed E-state index contributed by atoms with van der Waals surface area (Å²) in [7, 11) is 1.67. The van der Waals surface area contributed by atoms with E-state index in [0.29, 0.717) is 43.2 Å². The maximum Gasteiger partial charge on any atom is 0.410 e. The molecule has 0 aromatic rings. The first-order valence-electron chi connectivity index (χ1n) is 13.6. The van der Waals surface area contributed by atoms with Crippen LogP contribution in [0.1, 0.15) is 90.9 Å². The minimum atomic E-state index is -1.11. The summed E-state index contributed by atoms with van der Waals surface area (Å²) in [5, 5.41) is 12.9. The molecule has 3 unspecified atom stereocenters. The fourth-order valence-corrected chi connectivity index (χ4v) is 9.42. The lowest BCUT2D eigenvalue weighted by molar-refractivity contribution is -0.173. The number of fused-ring (bicyclic) bond motifs is 5. The highest BCUT2D eigenvalue weighted by atomic mass is 35.5. The first-order valence-corrected chi connectivity index (χ1v) is 13.6. The third kappa shape index (κ3) is 3.77. The van der Waals surface area contributed by atoms with Crippen LogP contribution in [-0.4, -0.2) is 53.8 Å². The molecular formula is C27H45ClN2O4. The molecule has 2 amide bonds. The Morgan fingerprint density at radius 3 is 2.44 bits per heavy atom. The van der Waals surface area contributed by atoms with Crippen molar-refractivity contribution in [2.24, 2.45) is 34.5 Å². The Labute approximate surface area is 211 Å². The molecule has 4 saturated carbocycles. The van der Waals surface area contributed by atoms with Crippen LogP contribution in [0.5, 0.6) is 0 Å². The van der Waals surface area contributed by atoms with Gasteiger partial charge in [-0.3, -0.25) is 4.79 Å². The van der Waals surface area contributed by atoms with Crippen LogP contribution in [0.25, 0.3) is 0 Å². The van der Waals surface area contributed by atoms with Crippen LogP contribution in [0.2, 0.25) is 0 Å². The molecule has 0 radical (unpaired) electrons. The number of rotatable bonds is 2. The van der Waals surface area contributed by atoms with Crippen LogP contribution in [0.4, 0.5) is 4.79 Å². The number of aliphatic hydroxyl groups is 1. The summed E-state index contributed by atoms with van der Waals surface area (Å²) >= 11 is 0. The van der Waals surface area contributed by atoms with Gasteiger partial charge < -0.3 is 20.1 Å². The molecule has 0 bridgehead atoms. The van der Waals surface area contributed by atoms with Crippen molar-refractivity contribution in [1.29, 1.82) is 0 Å². The lowest BCUT2D eigenvalue weighted by Gasteiger charge is -2.61. The number of likely N-dealkylation sites (N-methyl/N-ethyl adjacent to an activating group) is 1. The summed E-state index contributed by atoms with van der Waals surface area (Å²) in [6.07, 6.45) is 12.3. The summed E-state index contributed by atoms with van der Waals surface area (Å²) in [5.41, 5.74) is -1.00. The van der Waals surface area contributed by atoms with Crippen LogP contribution in [0.15, 0.2) is 0 Å². The smallest absolute Gasteiger partial charge is 0.410 e. The van der Waals surface area contributed by atoms with E-state index < -0.39 is 17.8 Å². The van der Waals surface area contributed by atoms with E-state index in [2.05, 4.69) is 19.2 Å². The quantitative estimate of drug-likeness (QED) is 0.568. The van der Waals surface area contributed by atoms with Gasteiger partial charge in [0, 0.05) is 25.6 Å². The van der Waals surface area contributed by atoms with Crippen LogP contribution in [0.3, 0.4) is 0 Å².